The van der Waals surface area contributed by atoms with E-state index < -0.39 is 0 Å². The van der Waals surface area contributed by atoms with Gasteiger partial charge in [-0.3, -0.25) is 4.40 Å². The molecule has 70 valence electrons. The number of rotatable bonds is 0. The molecule has 0 amide bonds. The number of hydrogen-bond donors (Lipinski definition) is 0. The minimum atomic E-state index is 0.657. The minimum absolute atomic E-state index is 0.657. The van der Waals surface area contributed by atoms with Gasteiger partial charge in [0.25, 0.3) is 0 Å². The zero-order chi connectivity index (χ0) is 9.83. The minimum Gasteiger partial charge on any atom is -0.293 e. The zero-order valence-electron chi connectivity index (χ0n) is 7.36. The maximum Gasteiger partial charge on any atom is 0.181 e. The molecular formula is C8H3N7. The average Bonchev–Trinajstić information content (AvgIpc) is 2.87. The lowest BCUT2D eigenvalue weighted by Crippen LogP contribution is -1.95. The Balaban J connectivity index is 2.35. The Morgan fingerprint density at radius 2 is 2.27 bits per heavy atom. The Morgan fingerprint density at radius 1 is 1.27 bits per heavy atom. The van der Waals surface area contributed by atoms with Crippen LogP contribution < -0.4 is 5.36 Å². The van der Waals surface area contributed by atoms with Crippen LogP contribution >= 0.6 is 0 Å². The van der Waals surface area contributed by atoms with E-state index in [1.165, 1.54) is 6.33 Å². The Labute approximate surface area is 82.2 Å². The van der Waals surface area contributed by atoms with Crippen LogP contribution in [-0.4, -0.2) is 19.4 Å². The SMILES string of the molecule is c1ncc2c(n1)nc1c3c(cn12)N=NN=3. The molecule has 7 heteroatoms. The van der Waals surface area contributed by atoms with Gasteiger partial charge in [0.05, 0.1) is 6.20 Å². The quantitative estimate of drug-likeness (QED) is 0.530. The van der Waals surface area contributed by atoms with Gasteiger partial charge in [-0.05, 0) is 5.22 Å². The number of aromatic nitrogens is 4. The molecule has 0 fully saturated rings. The molecule has 0 N–H and O–H groups in total. The van der Waals surface area contributed by atoms with Crippen molar-refractivity contribution in [3.8, 4) is 0 Å². The highest BCUT2D eigenvalue weighted by Gasteiger charge is 2.15. The second-order valence-electron chi connectivity index (χ2n) is 3.19. The van der Waals surface area contributed by atoms with Gasteiger partial charge in [0, 0.05) is 6.20 Å². The summed E-state index contributed by atoms with van der Waals surface area (Å²) in [6.07, 6.45) is 5.03. The summed E-state index contributed by atoms with van der Waals surface area (Å²) in [5, 5.41) is 12.1. The second kappa shape index (κ2) is 2.14. The predicted octanol–water partition coefficient (Wildman–Crippen LogP) is 0.628. The lowest BCUT2D eigenvalue weighted by molar-refractivity contribution is 1.07. The summed E-state index contributed by atoms with van der Waals surface area (Å²) in [5.74, 6) is 0. The fourth-order valence-corrected chi connectivity index (χ4v) is 1.72. The van der Waals surface area contributed by atoms with Crippen LogP contribution in [0.5, 0.6) is 0 Å². The third kappa shape index (κ3) is 0.711. The van der Waals surface area contributed by atoms with Crippen molar-refractivity contribution in [2.24, 2.45) is 15.4 Å². The molecule has 0 aromatic carbocycles. The fraction of sp³-hybridized carbons (Fsp3) is 0. The van der Waals surface area contributed by atoms with E-state index in [9.17, 15) is 0 Å². The standard InChI is InChI=1S/C8H3N7/c1-5-7(10-3-9-1)11-8-6-4(2-15(5)8)12-14-13-6/h1-3H. The molecule has 4 heterocycles. The van der Waals surface area contributed by atoms with Crippen LogP contribution in [0.2, 0.25) is 0 Å². The van der Waals surface area contributed by atoms with Gasteiger partial charge in [-0.15, -0.1) is 10.2 Å². The van der Waals surface area contributed by atoms with Crippen LogP contribution in [0.15, 0.2) is 34.2 Å². The van der Waals surface area contributed by atoms with Crippen molar-refractivity contribution in [3.05, 3.63) is 24.1 Å². The van der Waals surface area contributed by atoms with Gasteiger partial charge in [0.2, 0.25) is 0 Å². The highest BCUT2D eigenvalue weighted by molar-refractivity contribution is 5.77. The molecule has 0 unspecified atom stereocenters. The number of fused-ring (bicyclic) bond motifs is 5. The third-order valence-electron chi connectivity index (χ3n) is 2.38. The van der Waals surface area contributed by atoms with Crippen LogP contribution in [0.3, 0.4) is 0 Å². The van der Waals surface area contributed by atoms with Gasteiger partial charge >= 0.3 is 0 Å². The Kier molecular flexibility index (Phi) is 0.988. The third-order valence-corrected chi connectivity index (χ3v) is 2.38. The zero-order valence-corrected chi connectivity index (χ0v) is 7.36. The van der Waals surface area contributed by atoms with E-state index in [1.54, 1.807) is 6.20 Å². The molecule has 1 aliphatic heterocycles. The Bertz CT molecular complexity index is 769. The lowest BCUT2D eigenvalue weighted by atomic mass is 10.5. The molecule has 3 aromatic rings. The topological polar surface area (TPSA) is 80.2 Å². The number of hydrogen-bond acceptors (Lipinski definition) is 6. The molecule has 0 aliphatic carbocycles. The summed E-state index contributed by atoms with van der Waals surface area (Å²) in [7, 11) is 0. The number of nitrogens with zero attached hydrogens (tertiary/aromatic N) is 7. The van der Waals surface area contributed by atoms with Crippen LogP contribution in [-0.2, 0) is 0 Å². The van der Waals surface area contributed by atoms with Crippen molar-refractivity contribution in [2.45, 2.75) is 0 Å². The van der Waals surface area contributed by atoms with Gasteiger partial charge in [0.1, 0.15) is 17.5 Å². The van der Waals surface area contributed by atoms with E-state index >= 15 is 0 Å². The predicted molar refractivity (Wildman–Crippen MR) is 49.6 cm³/mol. The van der Waals surface area contributed by atoms with Gasteiger partial charge in [-0.25, -0.2) is 15.0 Å². The second-order valence-corrected chi connectivity index (χ2v) is 3.19. The van der Waals surface area contributed by atoms with E-state index in [0.717, 1.165) is 16.9 Å². The van der Waals surface area contributed by atoms with Crippen LogP contribution in [0.1, 0.15) is 0 Å². The van der Waals surface area contributed by atoms with Crippen LogP contribution in [0, 0.1) is 0 Å². The van der Waals surface area contributed by atoms with Crippen molar-refractivity contribution in [1.82, 2.24) is 19.4 Å². The maximum atomic E-state index is 4.34. The van der Waals surface area contributed by atoms with Gasteiger partial charge in [0.15, 0.2) is 16.7 Å². The molecule has 3 aromatic heterocycles. The molecule has 15 heavy (non-hydrogen) atoms. The first-order valence-electron chi connectivity index (χ1n) is 4.33. The molecule has 0 atom stereocenters. The monoisotopic (exact) mass is 197 g/mol. The maximum absolute atomic E-state index is 4.34. The smallest absolute Gasteiger partial charge is 0.181 e. The molecule has 1 aliphatic rings. The van der Waals surface area contributed by atoms with Gasteiger partial charge in [-0.2, -0.15) is 0 Å². The summed E-state index contributed by atoms with van der Waals surface area (Å²) < 4.78 is 1.88. The molecule has 0 radical (unpaired) electrons. The Hall–Kier alpha value is -2.44. The first-order valence-corrected chi connectivity index (χ1v) is 4.33. The Morgan fingerprint density at radius 3 is 3.27 bits per heavy atom. The molecular weight excluding hydrogens is 194 g/mol. The lowest BCUT2D eigenvalue weighted by Gasteiger charge is -1.86. The van der Waals surface area contributed by atoms with Crippen molar-refractivity contribution >= 4 is 22.5 Å². The molecule has 0 bridgehead atoms. The van der Waals surface area contributed by atoms with E-state index in [0.29, 0.717) is 11.0 Å². The first-order chi connectivity index (χ1) is 7.43. The van der Waals surface area contributed by atoms with Gasteiger partial charge in [-0.1, -0.05) is 0 Å². The molecule has 0 saturated heterocycles. The highest BCUT2D eigenvalue weighted by Crippen LogP contribution is 2.19. The molecule has 4 rings (SSSR count). The van der Waals surface area contributed by atoms with E-state index in [-0.39, 0.29) is 0 Å². The van der Waals surface area contributed by atoms with Crippen molar-refractivity contribution in [1.29, 1.82) is 0 Å². The first kappa shape index (κ1) is 6.93. The van der Waals surface area contributed by atoms with E-state index in [2.05, 4.69) is 30.4 Å². The van der Waals surface area contributed by atoms with E-state index in [1.807, 2.05) is 10.6 Å². The summed E-state index contributed by atoms with van der Waals surface area (Å²) in [5.41, 5.74) is 2.98. The van der Waals surface area contributed by atoms with Crippen molar-refractivity contribution in [2.75, 3.05) is 0 Å². The van der Waals surface area contributed by atoms with Crippen LogP contribution in [0.25, 0.3) is 16.8 Å². The van der Waals surface area contributed by atoms with Crippen LogP contribution in [0.4, 0.5) is 5.69 Å². The molecule has 0 spiro atoms. The highest BCUT2D eigenvalue weighted by atomic mass is 15.4. The number of imidazole rings is 1. The summed E-state index contributed by atoms with van der Waals surface area (Å²) in [6.45, 7) is 0. The van der Waals surface area contributed by atoms with Gasteiger partial charge < -0.3 is 0 Å². The van der Waals surface area contributed by atoms with Crippen molar-refractivity contribution in [3.63, 3.8) is 0 Å². The molecule has 0 saturated carbocycles. The van der Waals surface area contributed by atoms with Crippen molar-refractivity contribution < 1.29 is 0 Å². The largest absolute Gasteiger partial charge is 0.293 e. The summed E-state index contributed by atoms with van der Waals surface area (Å²) >= 11 is 0. The fourth-order valence-electron chi connectivity index (χ4n) is 1.72. The van der Waals surface area contributed by atoms with E-state index in [4.69, 9.17) is 0 Å². The average molecular weight is 197 g/mol. The summed E-state index contributed by atoms with van der Waals surface area (Å²) in [6, 6.07) is 0. The normalized spacial score (nSPS) is 13.6. The summed E-state index contributed by atoms with van der Waals surface area (Å²) in [4.78, 5) is 12.4. The molecule has 7 nitrogen and oxygen atoms in total.